The number of aryl methyl sites for hydroxylation is 1. The maximum Gasteiger partial charge on any atom is 0.349 e. The number of pyridine rings is 2. The fourth-order valence-corrected chi connectivity index (χ4v) is 4.93. The van der Waals surface area contributed by atoms with Gasteiger partial charge >= 0.3 is 5.97 Å². The quantitative estimate of drug-likeness (QED) is 0.171. The normalized spacial score (nSPS) is 11.0. The van der Waals surface area contributed by atoms with E-state index in [0.29, 0.717) is 33.1 Å². The Morgan fingerprint density at radius 3 is 2.49 bits per heavy atom. The molecule has 4 rings (SSSR count). The van der Waals surface area contributed by atoms with Crippen molar-refractivity contribution in [2.24, 2.45) is 0 Å². The Balaban J connectivity index is 1.38. The molecule has 0 spiro atoms. The Kier molecular flexibility index (Phi) is 10.9. The number of nitrogens with zero attached hydrogens (tertiary/aromatic N) is 4. The Morgan fingerprint density at radius 1 is 1.02 bits per heavy atom. The molecule has 2 amide bonds. The first-order valence-corrected chi connectivity index (χ1v) is 14.5. The summed E-state index contributed by atoms with van der Waals surface area (Å²) in [6, 6.07) is 14.1. The molecule has 45 heavy (non-hydrogen) atoms. The van der Waals surface area contributed by atoms with E-state index in [4.69, 9.17) is 37.8 Å². The van der Waals surface area contributed by atoms with Gasteiger partial charge in [0.15, 0.2) is 0 Å². The van der Waals surface area contributed by atoms with Crippen molar-refractivity contribution in [2.75, 3.05) is 44.5 Å². The molecule has 0 fully saturated rings. The first kappa shape index (κ1) is 33.2. The lowest BCUT2D eigenvalue weighted by molar-refractivity contribution is -0.145. The Hall–Kier alpha value is -4.71. The zero-order valence-electron chi connectivity index (χ0n) is 25.4. The highest BCUT2D eigenvalue weighted by molar-refractivity contribution is 6.38. The second-order valence-electron chi connectivity index (χ2n) is 10.1. The number of fused-ring (bicyclic) bond motifs is 1. The molecular formula is C32H32Cl2N6O5. The molecule has 0 radical (unpaired) electrons. The number of carbonyl (C=O) groups excluding carboxylic acids is 3. The summed E-state index contributed by atoms with van der Waals surface area (Å²) in [5.41, 5.74) is 6.66. The maximum atomic E-state index is 12.9. The summed E-state index contributed by atoms with van der Waals surface area (Å²) in [5.74, 6) is -0.915. The van der Waals surface area contributed by atoms with Crippen LogP contribution in [0.25, 0.3) is 17.0 Å². The van der Waals surface area contributed by atoms with E-state index in [1.165, 1.54) is 30.3 Å². The van der Waals surface area contributed by atoms with Crippen molar-refractivity contribution in [1.29, 1.82) is 0 Å². The molecule has 0 aliphatic rings. The smallest absolute Gasteiger partial charge is 0.349 e. The van der Waals surface area contributed by atoms with Crippen LogP contribution in [0.4, 0.5) is 11.4 Å². The Labute approximate surface area is 270 Å². The van der Waals surface area contributed by atoms with E-state index >= 15 is 0 Å². The van der Waals surface area contributed by atoms with Gasteiger partial charge in [-0.2, -0.15) is 0 Å². The number of aromatic nitrogens is 2. The van der Waals surface area contributed by atoms with Crippen molar-refractivity contribution >= 4 is 69.3 Å². The molecule has 0 aliphatic heterocycles. The first-order valence-electron chi connectivity index (χ1n) is 13.7. The number of rotatable bonds is 11. The third kappa shape index (κ3) is 8.07. The monoisotopic (exact) mass is 650 g/mol. The van der Waals surface area contributed by atoms with Crippen LogP contribution in [0.1, 0.15) is 27.3 Å². The van der Waals surface area contributed by atoms with Gasteiger partial charge in [-0.3, -0.25) is 14.6 Å². The van der Waals surface area contributed by atoms with Crippen LogP contribution in [-0.2, 0) is 21.0 Å². The highest BCUT2D eigenvalue weighted by atomic mass is 35.5. The number of carbonyl (C=O) groups is 3. The van der Waals surface area contributed by atoms with Gasteiger partial charge in [0.25, 0.3) is 5.91 Å². The van der Waals surface area contributed by atoms with Crippen molar-refractivity contribution < 1.29 is 24.0 Å². The predicted octanol–water partition coefficient (Wildman–Crippen LogP) is 4.97. The van der Waals surface area contributed by atoms with Gasteiger partial charge in [-0.1, -0.05) is 41.4 Å². The summed E-state index contributed by atoms with van der Waals surface area (Å²) in [7, 11) is 6.99. The van der Waals surface area contributed by atoms with Crippen molar-refractivity contribution in [3.63, 3.8) is 0 Å². The average molecular weight is 652 g/mol. The zero-order valence-corrected chi connectivity index (χ0v) is 26.9. The summed E-state index contributed by atoms with van der Waals surface area (Å²) in [6.45, 7) is 1.64. The van der Waals surface area contributed by atoms with Gasteiger partial charge in [-0.25, -0.2) is 9.78 Å². The van der Waals surface area contributed by atoms with Crippen LogP contribution in [0, 0.1) is 6.92 Å². The number of benzene rings is 2. The second-order valence-corrected chi connectivity index (χ2v) is 10.8. The van der Waals surface area contributed by atoms with Crippen LogP contribution in [0.5, 0.6) is 5.75 Å². The molecule has 11 nitrogen and oxygen atoms in total. The molecule has 0 bridgehead atoms. The third-order valence-corrected chi connectivity index (χ3v) is 7.49. The molecule has 2 heterocycles. The summed E-state index contributed by atoms with van der Waals surface area (Å²) in [4.78, 5) is 53.6. The number of hydrogen-bond donors (Lipinski definition) is 2. The van der Waals surface area contributed by atoms with Gasteiger partial charge in [0.2, 0.25) is 5.91 Å². The van der Waals surface area contributed by atoms with Crippen LogP contribution in [0.15, 0.2) is 60.8 Å². The van der Waals surface area contributed by atoms with Crippen molar-refractivity contribution in [3.8, 4) is 5.75 Å². The summed E-state index contributed by atoms with van der Waals surface area (Å²) < 4.78 is 6.17. The minimum atomic E-state index is -0.736. The predicted molar refractivity (Wildman–Crippen MR) is 176 cm³/mol. The van der Waals surface area contributed by atoms with E-state index in [1.54, 1.807) is 25.2 Å². The van der Waals surface area contributed by atoms with Crippen LogP contribution in [0.3, 0.4) is 0 Å². The topological polar surface area (TPSA) is 126 Å². The highest BCUT2D eigenvalue weighted by Gasteiger charge is 2.20. The fraction of sp³-hybridized carbons (Fsp3) is 0.219. The molecule has 4 aromatic rings. The van der Waals surface area contributed by atoms with Crippen molar-refractivity contribution in [2.45, 2.75) is 13.5 Å². The van der Waals surface area contributed by atoms with Crippen molar-refractivity contribution in [3.05, 3.63) is 93.4 Å². The van der Waals surface area contributed by atoms with E-state index in [-0.39, 0.29) is 29.8 Å². The minimum Gasteiger partial charge on any atom is -0.487 e. The number of halogens is 2. The average Bonchev–Trinajstić information content (AvgIpc) is 3.02. The Morgan fingerprint density at radius 2 is 1.80 bits per heavy atom. The number of amides is 2. The number of para-hydroxylation sites is 1. The van der Waals surface area contributed by atoms with Crippen molar-refractivity contribution in [1.82, 2.24) is 20.8 Å². The zero-order chi connectivity index (χ0) is 32.7. The third-order valence-electron chi connectivity index (χ3n) is 6.72. The van der Waals surface area contributed by atoms with Crippen LogP contribution in [-0.4, -0.2) is 62.5 Å². The molecule has 234 valence electrons. The van der Waals surface area contributed by atoms with Crippen LogP contribution in [0.2, 0.25) is 10.0 Å². The number of hydroxylamine groups is 1. The molecule has 0 saturated carbocycles. The molecule has 0 unspecified atom stereocenters. The van der Waals surface area contributed by atoms with Gasteiger partial charge < -0.3 is 24.7 Å². The number of hydrogen-bond acceptors (Lipinski definition) is 9. The van der Waals surface area contributed by atoms with Gasteiger partial charge in [-0.05, 0) is 48.9 Å². The minimum absolute atomic E-state index is 0.0335. The van der Waals surface area contributed by atoms with Gasteiger partial charge in [-0.15, -0.1) is 5.48 Å². The second kappa shape index (κ2) is 14.8. The number of ether oxygens (including phenoxy) is 1. The number of anilines is 2. The lowest BCUT2D eigenvalue weighted by Crippen LogP contribution is -2.36. The fourth-order valence-electron chi connectivity index (χ4n) is 4.33. The maximum absolute atomic E-state index is 12.9. The Bertz CT molecular complexity index is 1760. The van der Waals surface area contributed by atoms with E-state index < -0.39 is 11.9 Å². The summed E-state index contributed by atoms with van der Waals surface area (Å²) in [6.07, 6.45) is 4.07. The molecule has 0 saturated heterocycles. The molecule has 2 N–H and O–H groups in total. The van der Waals surface area contributed by atoms with Gasteiger partial charge in [0, 0.05) is 67.8 Å². The largest absolute Gasteiger partial charge is 0.487 e. The van der Waals surface area contributed by atoms with Crippen LogP contribution < -0.4 is 25.3 Å². The highest BCUT2D eigenvalue weighted by Crippen LogP contribution is 2.36. The molecule has 0 atom stereocenters. The standard InChI is InChI=1S/C32H32Cl2N6O5/c1-19-15-26(39(3)4)21-7-6-8-27(31(21)38-19)44-18-22-23(33)11-13-25(30(22)34)40(5)28(41)17-37-45-29(42)14-10-20-9-12-24(36-16-20)32(43)35-2/h6-16,37H,17-18H2,1-5H3,(H,35,43). The van der Waals surface area contributed by atoms with E-state index in [9.17, 15) is 14.4 Å². The van der Waals surface area contributed by atoms with Gasteiger partial charge in [0.05, 0.1) is 10.7 Å². The van der Waals surface area contributed by atoms with E-state index in [2.05, 4.69) is 15.8 Å². The summed E-state index contributed by atoms with van der Waals surface area (Å²) >= 11 is 13.2. The first-order chi connectivity index (χ1) is 21.5. The van der Waals surface area contributed by atoms with E-state index in [1.807, 2.05) is 50.2 Å². The molecule has 2 aromatic heterocycles. The lowest BCUT2D eigenvalue weighted by atomic mass is 10.1. The molecule has 13 heteroatoms. The van der Waals surface area contributed by atoms with Gasteiger partial charge in [0.1, 0.15) is 30.1 Å². The number of likely N-dealkylation sites (N-methyl/N-ethyl adjacent to an activating group) is 1. The molecule has 0 aliphatic carbocycles. The van der Waals surface area contributed by atoms with E-state index in [0.717, 1.165) is 22.8 Å². The molecule has 2 aromatic carbocycles. The SMILES string of the molecule is CNC(=O)c1ccc(C=CC(=O)ONCC(=O)N(C)c2ccc(Cl)c(COc3cccc4c(N(C)C)cc(C)nc34)c2Cl)cn1. The molecular weight excluding hydrogens is 619 g/mol. The number of nitrogens with one attached hydrogen (secondary N) is 2. The summed E-state index contributed by atoms with van der Waals surface area (Å²) in [5, 5.41) is 4.04. The lowest BCUT2D eigenvalue weighted by Gasteiger charge is -2.21. The van der Waals surface area contributed by atoms with Crippen LogP contribution >= 0.6 is 23.2 Å².